The molecular weight excluding hydrogens is 250 g/mol. The Bertz CT molecular complexity index is 588. The molecule has 1 N–H and O–H groups in total. The van der Waals surface area contributed by atoms with Gasteiger partial charge < -0.3 is 10.1 Å². The Morgan fingerprint density at radius 3 is 2.35 bits per heavy atom. The summed E-state index contributed by atoms with van der Waals surface area (Å²) in [6, 6.07) is 15.3. The standard InChI is InChI=1S/C17H19NO2/c1-12(2)17(19)18-14-7-9-15(10-8-14)20-16-6-4-5-13(3)11-16/h4-12H,1-3H3,(H,18,19). The lowest BCUT2D eigenvalue weighted by Gasteiger charge is -2.09. The Hall–Kier alpha value is -2.29. The summed E-state index contributed by atoms with van der Waals surface area (Å²) in [5.74, 6) is 1.54. The number of anilines is 1. The van der Waals surface area contributed by atoms with Gasteiger partial charge in [-0.1, -0.05) is 26.0 Å². The van der Waals surface area contributed by atoms with Gasteiger partial charge in [-0.25, -0.2) is 0 Å². The topological polar surface area (TPSA) is 38.3 Å². The van der Waals surface area contributed by atoms with Gasteiger partial charge in [-0.3, -0.25) is 4.79 Å². The molecule has 0 heterocycles. The maximum atomic E-state index is 11.6. The monoisotopic (exact) mass is 269 g/mol. The van der Waals surface area contributed by atoms with Gasteiger partial charge in [-0.05, 0) is 48.9 Å². The summed E-state index contributed by atoms with van der Waals surface area (Å²) in [5, 5.41) is 2.85. The minimum Gasteiger partial charge on any atom is -0.457 e. The Morgan fingerprint density at radius 1 is 1.05 bits per heavy atom. The molecule has 0 aliphatic carbocycles. The predicted molar refractivity (Wildman–Crippen MR) is 81.2 cm³/mol. The van der Waals surface area contributed by atoms with Gasteiger partial charge in [0.15, 0.2) is 0 Å². The summed E-state index contributed by atoms with van der Waals surface area (Å²) in [5.41, 5.74) is 1.93. The van der Waals surface area contributed by atoms with E-state index in [-0.39, 0.29) is 11.8 Å². The molecule has 2 aromatic carbocycles. The fourth-order valence-electron chi connectivity index (χ4n) is 1.71. The van der Waals surface area contributed by atoms with E-state index in [1.807, 2.05) is 69.3 Å². The van der Waals surface area contributed by atoms with Crippen LogP contribution in [0.25, 0.3) is 0 Å². The molecule has 0 unspecified atom stereocenters. The number of carbonyl (C=O) groups is 1. The summed E-state index contributed by atoms with van der Waals surface area (Å²) in [6.45, 7) is 5.76. The number of amides is 1. The fraction of sp³-hybridized carbons (Fsp3) is 0.235. The Labute approximate surface area is 119 Å². The molecule has 0 aromatic heterocycles. The number of nitrogens with one attached hydrogen (secondary N) is 1. The molecule has 0 aliphatic rings. The molecule has 0 saturated carbocycles. The summed E-state index contributed by atoms with van der Waals surface area (Å²) >= 11 is 0. The first-order valence-electron chi connectivity index (χ1n) is 6.70. The van der Waals surface area contributed by atoms with Crippen molar-refractivity contribution in [2.45, 2.75) is 20.8 Å². The molecule has 0 atom stereocenters. The number of benzene rings is 2. The lowest BCUT2D eigenvalue weighted by molar-refractivity contribution is -0.118. The van der Waals surface area contributed by atoms with Gasteiger partial charge in [0.2, 0.25) is 5.91 Å². The zero-order valence-electron chi connectivity index (χ0n) is 12.0. The molecule has 2 rings (SSSR count). The van der Waals surface area contributed by atoms with Crippen molar-refractivity contribution in [1.82, 2.24) is 0 Å². The number of hydrogen-bond acceptors (Lipinski definition) is 2. The quantitative estimate of drug-likeness (QED) is 0.894. The van der Waals surface area contributed by atoms with Gasteiger partial charge in [0, 0.05) is 11.6 Å². The van der Waals surface area contributed by atoms with Crippen molar-refractivity contribution in [1.29, 1.82) is 0 Å². The molecule has 20 heavy (non-hydrogen) atoms. The molecule has 0 aliphatic heterocycles. The Balaban J connectivity index is 2.03. The van der Waals surface area contributed by atoms with Crippen LogP contribution in [0.2, 0.25) is 0 Å². The van der Waals surface area contributed by atoms with E-state index in [9.17, 15) is 4.79 Å². The molecule has 0 spiro atoms. The van der Waals surface area contributed by atoms with E-state index >= 15 is 0 Å². The zero-order chi connectivity index (χ0) is 14.5. The van der Waals surface area contributed by atoms with Crippen molar-refractivity contribution in [3.63, 3.8) is 0 Å². The number of carbonyl (C=O) groups excluding carboxylic acids is 1. The molecular formula is C17H19NO2. The van der Waals surface area contributed by atoms with E-state index in [4.69, 9.17) is 4.74 Å². The number of aryl methyl sites for hydroxylation is 1. The van der Waals surface area contributed by atoms with E-state index in [0.29, 0.717) is 0 Å². The van der Waals surface area contributed by atoms with Gasteiger partial charge in [0.05, 0.1) is 0 Å². The highest BCUT2D eigenvalue weighted by Crippen LogP contribution is 2.23. The van der Waals surface area contributed by atoms with E-state index in [2.05, 4.69) is 5.32 Å². The van der Waals surface area contributed by atoms with Crippen LogP contribution in [0, 0.1) is 12.8 Å². The van der Waals surface area contributed by atoms with E-state index < -0.39 is 0 Å². The number of hydrogen-bond donors (Lipinski definition) is 1. The smallest absolute Gasteiger partial charge is 0.226 e. The van der Waals surface area contributed by atoms with Gasteiger partial charge in [-0.15, -0.1) is 0 Å². The van der Waals surface area contributed by atoms with Gasteiger partial charge in [0.1, 0.15) is 11.5 Å². The molecule has 0 fully saturated rings. The Morgan fingerprint density at radius 2 is 1.75 bits per heavy atom. The first kappa shape index (κ1) is 14.1. The highest BCUT2D eigenvalue weighted by atomic mass is 16.5. The highest BCUT2D eigenvalue weighted by Gasteiger charge is 2.06. The van der Waals surface area contributed by atoms with E-state index in [0.717, 1.165) is 22.7 Å². The van der Waals surface area contributed by atoms with Crippen LogP contribution in [-0.2, 0) is 4.79 Å². The summed E-state index contributed by atoms with van der Waals surface area (Å²) < 4.78 is 5.75. The van der Waals surface area contributed by atoms with Gasteiger partial charge in [0.25, 0.3) is 0 Å². The van der Waals surface area contributed by atoms with Crippen molar-refractivity contribution < 1.29 is 9.53 Å². The summed E-state index contributed by atoms with van der Waals surface area (Å²) in [6.07, 6.45) is 0. The van der Waals surface area contributed by atoms with Crippen molar-refractivity contribution in [3.8, 4) is 11.5 Å². The second-order valence-electron chi connectivity index (χ2n) is 5.09. The number of ether oxygens (including phenoxy) is 1. The van der Waals surface area contributed by atoms with Crippen LogP contribution in [-0.4, -0.2) is 5.91 Å². The maximum Gasteiger partial charge on any atom is 0.226 e. The average Bonchev–Trinajstić information content (AvgIpc) is 2.41. The van der Waals surface area contributed by atoms with Crippen LogP contribution >= 0.6 is 0 Å². The third kappa shape index (κ3) is 3.85. The maximum absolute atomic E-state index is 11.6. The first-order valence-corrected chi connectivity index (χ1v) is 6.70. The van der Waals surface area contributed by atoms with Crippen molar-refractivity contribution in [3.05, 3.63) is 54.1 Å². The van der Waals surface area contributed by atoms with Crippen LogP contribution in [0.3, 0.4) is 0 Å². The normalized spacial score (nSPS) is 10.4. The minimum atomic E-state index is -0.0294. The van der Waals surface area contributed by atoms with Crippen molar-refractivity contribution in [2.24, 2.45) is 5.92 Å². The Kier molecular flexibility index (Phi) is 4.41. The van der Waals surface area contributed by atoms with E-state index in [1.54, 1.807) is 0 Å². The average molecular weight is 269 g/mol. The lowest BCUT2D eigenvalue weighted by atomic mass is 10.2. The fourth-order valence-corrected chi connectivity index (χ4v) is 1.71. The second kappa shape index (κ2) is 6.24. The second-order valence-corrected chi connectivity index (χ2v) is 5.09. The SMILES string of the molecule is Cc1cccc(Oc2ccc(NC(=O)C(C)C)cc2)c1. The van der Waals surface area contributed by atoms with Crippen LogP contribution in [0.1, 0.15) is 19.4 Å². The molecule has 104 valence electrons. The molecule has 2 aromatic rings. The van der Waals surface area contributed by atoms with Gasteiger partial charge >= 0.3 is 0 Å². The largest absolute Gasteiger partial charge is 0.457 e. The lowest BCUT2D eigenvalue weighted by Crippen LogP contribution is -2.17. The molecule has 3 nitrogen and oxygen atoms in total. The minimum absolute atomic E-state index is 0.0114. The molecule has 0 radical (unpaired) electrons. The predicted octanol–water partition coefficient (Wildman–Crippen LogP) is 4.38. The van der Waals surface area contributed by atoms with Crippen LogP contribution in [0.4, 0.5) is 5.69 Å². The zero-order valence-corrected chi connectivity index (χ0v) is 12.0. The molecule has 3 heteroatoms. The summed E-state index contributed by atoms with van der Waals surface area (Å²) in [4.78, 5) is 11.6. The third-order valence-electron chi connectivity index (χ3n) is 2.87. The van der Waals surface area contributed by atoms with Crippen molar-refractivity contribution >= 4 is 11.6 Å². The molecule has 1 amide bonds. The molecule has 0 saturated heterocycles. The van der Waals surface area contributed by atoms with Crippen molar-refractivity contribution in [2.75, 3.05) is 5.32 Å². The molecule has 0 bridgehead atoms. The van der Waals surface area contributed by atoms with Gasteiger partial charge in [-0.2, -0.15) is 0 Å². The number of rotatable bonds is 4. The highest BCUT2D eigenvalue weighted by molar-refractivity contribution is 5.92. The van der Waals surface area contributed by atoms with E-state index in [1.165, 1.54) is 0 Å². The first-order chi connectivity index (χ1) is 9.54. The van der Waals surface area contributed by atoms with Crippen LogP contribution in [0.5, 0.6) is 11.5 Å². The van der Waals surface area contributed by atoms with Crippen LogP contribution in [0.15, 0.2) is 48.5 Å². The summed E-state index contributed by atoms with van der Waals surface area (Å²) in [7, 11) is 0. The third-order valence-corrected chi connectivity index (χ3v) is 2.87. The van der Waals surface area contributed by atoms with Crippen LogP contribution < -0.4 is 10.1 Å².